The first-order valence-electron chi connectivity index (χ1n) is 9.65. The topological polar surface area (TPSA) is 49.4 Å². The van der Waals surface area contributed by atoms with Crippen LogP contribution in [0.25, 0.3) is 0 Å². The standard InChI is InChI=1S/C23H30N2O2S/c1-5-21(23(27)24-4)25(14-19-11-8-9-17(2)13-19)22(26)16-28-15-20-12-7-6-10-18(20)3/h6-13,21H,5,14-16H2,1-4H3,(H,24,27)/t21-/m0/s1. The molecule has 0 bridgehead atoms. The smallest absolute Gasteiger partial charge is 0.242 e. The van der Waals surface area contributed by atoms with E-state index in [9.17, 15) is 9.59 Å². The Morgan fingerprint density at radius 3 is 2.50 bits per heavy atom. The zero-order valence-corrected chi connectivity index (χ0v) is 18.0. The zero-order valence-electron chi connectivity index (χ0n) is 17.2. The van der Waals surface area contributed by atoms with Crippen molar-refractivity contribution in [2.75, 3.05) is 12.8 Å². The summed E-state index contributed by atoms with van der Waals surface area (Å²) in [4.78, 5) is 27.1. The molecule has 0 unspecified atom stereocenters. The summed E-state index contributed by atoms with van der Waals surface area (Å²) in [5.41, 5.74) is 4.66. The summed E-state index contributed by atoms with van der Waals surface area (Å²) in [7, 11) is 1.62. The maximum atomic E-state index is 13.1. The van der Waals surface area contributed by atoms with Crippen LogP contribution in [0, 0.1) is 13.8 Å². The molecule has 2 amide bonds. The van der Waals surface area contributed by atoms with Crippen LogP contribution in [0.3, 0.4) is 0 Å². The molecule has 0 spiro atoms. The van der Waals surface area contributed by atoms with E-state index in [1.54, 1.807) is 23.7 Å². The Bertz CT molecular complexity index is 807. The highest BCUT2D eigenvalue weighted by Crippen LogP contribution is 2.19. The van der Waals surface area contributed by atoms with Crippen LogP contribution in [0.15, 0.2) is 48.5 Å². The van der Waals surface area contributed by atoms with E-state index >= 15 is 0 Å². The molecule has 0 heterocycles. The van der Waals surface area contributed by atoms with Crippen LogP contribution >= 0.6 is 11.8 Å². The normalized spacial score (nSPS) is 11.7. The van der Waals surface area contributed by atoms with E-state index in [-0.39, 0.29) is 11.8 Å². The van der Waals surface area contributed by atoms with Crippen molar-refractivity contribution >= 4 is 23.6 Å². The maximum absolute atomic E-state index is 13.1. The number of aryl methyl sites for hydroxylation is 2. The summed E-state index contributed by atoms with van der Waals surface area (Å²) in [6.45, 7) is 6.50. The van der Waals surface area contributed by atoms with E-state index in [1.165, 1.54) is 11.1 Å². The molecule has 2 aromatic rings. The Morgan fingerprint density at radius 2 is 1.86 bits per heavy atom. The minimum atomic E-state index is -0.461. The predicted octanol–water partition coefficient (Wildman–Crippen LogP) is 4.09. The Kier molecular flexibility index (Phi) is 8.58. The van der Waals surface area contributed by atoms with Gasteiger partial charge in [0.25, 0.3) is 0 Å². The number of nitrogens with zero attached hydrogens (tertiary/aromatic N) is 1. The summed E-state index contributed by atoms with van der Waals surface area (Å²) in [6, 6.07) is 15.8. The molecule has 0 aliphatic heterocycles. The lowest BCUT2D eigenvalue weighted by Gasteiger charge is -2.30. The molecule has 0 aromatic heterocycles. The van der Waals surface area contributed by atoms with Crippen molar-refractivity contribution in [3.8, 4) is 0 Å². The molecule has 28 heavy (non-hydrogen) atoms. The van der Waals surface area contributed by atoms with Gasteiger partial charge in [0.1, 0.15) is 6.04 Å². The van der Waals surface area contributed by atoms with Gasteiger partial charge in [0.2, 0.25) is 11.8 Å². The van der Waals surface area contributed by atoms with Crippen molar-refractivity contribution in [2.45, 2.75) is 45.5 Å². The Balaban J connectivity index is 2.11. The number of carbonyl (C=O) groups excluding carboxylic acids is 2. The molecule has 1 atom stereocenters. The minimum absolute atomic E-state index is 0.00413. The Labute approximate surface area is 172 Å². The fraction of sp³-hybridized carbons (Fsp3) is 0.391. The van der Waals surface area contributed by atoms with Gasteiger partial charge in [0.05, 0.1) is 5.75 Å². The van der Waals surface area contributed by atoms with E-state index in [0.717, 1.165) is 16.9 Å². The molecular weight excluding hydrogens is 368 g/mol. The number of nitrogens with one attached hydrogen (secondary N) is 1. The molecule has 0 saturated carbocycles. The molecule has 0 saturated heterocycles. The SMILES string of the molecule is CC[C@@H](C(=O)NC)N(Cc1cccc(C)c1)C(=O)CSCc1ccccc1C. The summed E-state index contributed by atoms with van der Waals surface area (Å²) >= 11 is 1.59. The second-order valence-electron chi connectivity index (χ2n) is 6.97. The van der Waals surface area contributed by atoms with Crippen LogP contribution in [-0.2, 0) is 21.9 Å². The zero-order chi connectivity index (χ0) is 20.5. The first kappa shape index (κ1) is 22.0. The molecule has 2 aromatic carbocycles. The van der Waals surface area contributed by atoms with Gasteiger partial charge < -0.3 is 10.2 Å². The van der Waals surface area contributed by atoms with Crippen LogP contribution in [0.5, 0.6) is 0 Å². The van der Waals surface area contributed by atoms with Crippen molar-refractivity contribution in [3.63, 3.8) is 0 Å². The van der Waals surface area contributed by atoms with E-state index in [4.69, 9.17) is 0 Å². The van der Waals surface area contributed by atoms with Gasteiger partial charge >= 0.3 is 0 Å². The lowest BCUT2D eigenvalue weighted by molar-refractivity contribution is -0.139. The highest BCUT2D eigenvalue weighted by atomic mass is 32.2. The molecule has 0 aliphatic carbocycles. The molecule has 0 aliphatic rings. The van der Waals surface area contributed by atoms with E-state index in [2.05, 4.69) is 30.4 Å². The third-order valence-electron chi connectivity index (χ3n) is 4.81. The van der Waals surface area contributed by atoms with Crippen molar-refractivity contribution in [1.82, 2.24) is 10.2 Å². The molecule has 0 radical (unpaired) electrons. The van der Waals surface area contributed by atoms with Gasteiger partial charge in [-0.05, 0) is 37.0 Å². The third kappa shape index (κ3) is 6.13. The highest BCUT2D eigenvalue weighted by Gasteiger charge is 2.27. The maximum Gasteiger partial charge on any atom is 0.242 e. The molecule has 5 heteroatoms. The number of hydrogen-bond donors (Lipinski definition) is 1. The molecule has 0 fully saturated rings. The average Bonchev–Trinajstić information content (AvgIpc) is 2.69. The number of likely N-dealkylation sites (N-methyl/N-ethyl adjacent to an activating group) is 1. The summed E-state index contributed by atoms with van der Waals surface area (Å²) in [6.07, 6.45) is 0.583. The lowest BCUT2D eigenvalue weighted by Crippen LogP contribution is -2.48. The molecule has 2 rings (SSSR count). The summed E-state index contributed by atoms with van der Waals surface area (Å²) in [5, 5.41) is 2.70. The van der Waals surface area contributed by atoms with E-state index in [0.29, 0.717) is 18.7 Å². The fourth-order valence-electron chi connectivity index (χ4n) is 3.20. The predicted molar refractivity (Wildman–Crippen MR) is 117 cm³/mol. The van der Waals surface area contributed by atoms with Crippen LogP contribution < -0.4 is 5.32 Å². The van der Waals surface area contributed by atoms with Crippen LogP contribution in [0.1, 0.15) is 35.6 Å². The summed E-state index contributed by atoms with van der Waals surface area (Å²) in [5.74, 6) is 1.02. The van der Waals surface area contributed by atoms with Gasteiger partial charge in [-0.3, -0.25) is 9.59 Å². The number of rotatable bonds is 9. The minimum Gasteiger partial charge on any atom is -0.357 e. The number of carbonyl (C=O) groups is 2. The first-order valence-corrected chi connectivity index (χ1v) is 10.8. The van der Waals surface area contributed by atoms with Crippen LogP contribution in [0.4, 0.5) is 0 Å². The number of benzene rings is 2. The Morgan fingerprint density at radius 1 is 1.11 bits per heavy atom. The molecular formula is C23H30N2O2S. The van der Waals surface area contributed by atoms with Crippen molar-refractivity contribution in [1.29, 1.82) is 0 Å². The van der Waals surface area contributed by atoms with Crippen molar-refractivity contribution < 1.29 is 9.59 Å². The first-order chi connectivity index (χ1) is 13.5. The third-order valence-corrected chi connectivity index (χ3v) is 5.78. The van der Waals surface area contributed by atoms with E-state index in [1.807, 2.05) is 44.2 Å². The number of amides is 2. The van der Waals surface area contributed by atoms with Gasteiger partial charge in [-0.2, -0.15) is 0 Å². The summed E-state index contributed by atoms with van der Waals surface area (Å²) < 4.78 is 0. The average molecular weight is 399 g/mol. The molecule has 150 valence electrons. The number of hydrogen-bond acceptors (Lipinski definition) is 3. The second-order valence-corrected chi connectivity index (χ2v) is 7.95. The van der Waals surface area contributed by atoms with Gasteiger partial charge in [-0.15, -0.1) is 11.8 Å². The molecule has 1 N–H and O–H groups in total. The lowest BCUT2D eigenvalue weighted by atomic mass is 10.1. The monoisotopic (exact) mass is 398 g/mol. The van der Waals surface area contributed by atoms with Gasteiger partial charge in [-0.1, -0.05) is 61.0 Å². The van der Waals surface area contributed by atoms with Crippen molar-refractivity contribution in [2.24, 2.45) is 0 Å². The van der Waals surface area contributed by atoms with E-state index < -0.39 is 6.04 Å². The van der Waals surface area contributed by atoms with Crippen LogP contribution in [0.2, 0.25) is 0 Å². The fourth-order valence-corrected chi connectivity index (χ4v) is 4.18. The van der Waals surface area contributed by atoms with Gasteiger partial charge in [0, 0.05) is 19.3 Å². The van der Waals surface area contributed by atoms with Crippen molar-refractivity contribution in [3.05, 3.63) is 70.8 Å². The second kappa shape index (κ2) is 10.9. The largest absolute Gasteiger partial charge is 0.357 e. The van der Waals surface area contributed by atoms with Gasteiger partial charge in [-0.25, -0.2) is 0 Å². The van der Waals surface area contributed by atoms with Crippen LogP contribution in [-0.4, -0.2) is 35.6 Å². The highest BCUT2D eigenvalue weighted by molar-refractivity contribution is 7.99. The quantitative estimate of drug-likeness (QED) is 0.692. The Hall–Kier alpha value is -2.27. The van der Waals surface area contributed by atoms with Gasteiger partial charge in [0.15, 0.2) is 0 Å². The molecule has 4 nitrogen and oxygen atoms in total. The number of thioether (sulfide) groups is 1.